The van der Waals surface area contributed by atoms with E-state index >= 15 is 0 Å². The van der Waals surface area contributed by atoms with Crippen LogP contribution in [0.2, 0.25) is 0 Å². The van der Waals surface area contributed by atoms with Crippen LogP contribution in [-0.4, -0.2) is 46.8 Å². The van der Waals surface area contributed by atoms with Gasteiger partial charge in [-0.1, -0.05) is 71.0 Å². The van der Waals surface area contributed by atoms with Gasteiger partial charge in [-0.05, 0) is 141 Å². The van der Waals surface area contributed by atoms with Crippen molar-refractivity contribution in [3.05, 3.63) is 82.9 Å². The van der Waals surface area contributed by atoms with Crippen LogP contribution in [0.15, 0.2) is 60.7 Å². The van der Waals surface area contributed by atoms with E-state index in [2.05, 4.69) is 48.1 Å². The molecule has 0 saturated heterocycles. The molecule has 10 atom stereocenters. The maximum atomic E-state index is 13.5. The van der Waals surface area contributed by atoms with Crippen molar-refractivity contribution in [2.45, 2.75) is 112 Å². The van der Waals surface area contributed by atoms with Crippen molar-refractivity contribution >= 4 is 23.9 Å². The summed E-state index contributed by atoms with van der Waals surface area (Å²) in [7, 11) is 0. The molecule has 0 radical (unpaired) electrons. The largest absolute Gasteiger partial charge is 0.478 e. The van der Waals surface area contributed by atoms with Crippen molar-refractivity contribution in [1.29, 1.82) is 0 Å². The molecule has 8 nitrogen and oxygen atoms in total. The zero-order valence-electron chi connectivity index (χ0n) is 32.9. The van der Waals surface area contributed by atoms with Crippen LogP contribution in [-0.2, 0) is 9.47 Å². The van der Waals surface area contributed by atoms with E-state index in [1.807, 2.05) is 0 Å². The number of hydrogen-bond donors (Lipinski definition) is 2. The number of benzene rings is 2. The summed E-state index contributed by atoms with van der Waals surface area (Å²) in [6, 6.07) is 12.6. The van der Waals surface area contributed by atoms with Gasteiger partial charge in [-0.25, -0.2) is 19.2 Å². The van der Waals surface area contributed by atoms with E-state index in [-0.39, 0.29) is 55.4 Å². The fourth-order valence-corrected chi connectivity index (χ4v) is 13.9. The third-order valence-electron chi connectivity index (χ3n) is 16.7. The smallest absolute Gasteiger partial charge is 0.339 e. The van der Waals surface area contributed by atoms with Crippen molar-refractivity contribution in [3.8, 4) is 0 Å². The van der Waals surface area contributed by atoms with Crippen molar-refractivity contribution in [3.63, 3.8) is 0 Å². The highest BCUT2D eigenvalue weighted by Crippen LogP contribution is 2.77. The standard InChI is InChI=1S/C46H58O8/c1-27(2)28-18-23-46(26-53-40(51)31-14-10-8-12-29(31)38(47)48)25-24-44(6)33(37(28)46)16-17-35-43(5)21-20-36(42(3,4)34(43)19-22-45(35,44)7)54-41(52)32-15-11-9-13-30(32)39(49)50/h8-15,28,33-37H,1,16-26H2,2-7H3,(H,47,48)(H,49,50). The molecule has 10 unspecified atom stereocenters. The summed E-state index contributed by atoms with van der Waals surface area (Å²) < 4.78 is 12.4. The third-order valence-corrected chi connectivity index (χ3v) is 16.7. The molecule has 8 heteroatoms. The number of esters is 2. The fourth-order valence-electron chi connectivity index (χ4n) is 13.9. The average molecular weight is 739 g/mol. The van der Waals surface area contributed by atoms with Gasteiger partial charge >= 0.3 is 23.9 Å². The van der Waals surface area contributed by atoms with Gasteiger partial charge in [0.1, 0.15) is 6.10 Å². The molecule has 0 aliphatic heterocycles. The number of carboxylic acids is 2. The summed E-state index contributed by atoms with van der Waals surface area (Å²) in [6.45, 7) is 19.1. The van der Waals surface area contributed by atoms with Crippen LogP contribution in [0, 0.1) is 56.7 Å². The zero-order chi connectivity index (χ0) is 39.0. The van der Waals surface area contributed by atoms with Crippen LogP contribution < -0.4 is 0 Å². The highest BCUT2D eigenvalue weighted by molar-refractivity contribution is 6.03. The maximum absolute atomic E-state index is 13.5. The number of allylic oxidation sites excluding steroid dienone is 1. The molecule has 7 rings (SSSR count). The van der Waals surface area contributed by atoms with Crippen molar-refractivity contribution < 1.29 is 38.9 Å². The lowest BCUT2D eigenvalue weighted by molar-refractivity contribution is -0.249. The van der Waals surface area contributed by atoms with Crippen LogP contribution in [0.25, 0.3) is 0 Å². The van der Waals surface area contributed by atoms with E-state index in [1.165, 1.54) is 17.7 Å². The second-order valence-corrected chi connectivity index (χ2v) is 19.1. The van der Waals surface area contributed by atoms with Crippen molar-refractivity contribution in [2.75, 3.05) is 6.61 Å². The molecule has 0 bridgehead atoms. The molecular weight excluding hydrogens is 680 g/mol. The second-order valence-electron chi connectivity index (χ2n) is 19.1. The summed E-state index contributed by atoms with van der Waals surface area (Å²) in [4.78, 5) is 50.7. The molecule has 290 valence electrons. The first kappa shape index (κ1) is 38.3. The normalized spacial score (nSPS) is 37.7. The molecule has 2 aromatic rings. The minimum Gasteiger partial charge on any atom is -0.478 e. The first-order chi connectivity index (χ1) is 25.4. The predicted octanol–water partition coefficient (Wildman–Crippen LogP) is 10.1. The molecule has 5 saturated carbocycles. The molecule has 5 aliphatic carbocycles. The highest BCUT2D eigenvalue weighted by atomic mass is 16.5. The number of carboxylic acid groups (broad SMARTS) is 2. The van der Waals surface area contributed by atoms with Crippen molar-refractivity contribution in [1.82, 2.24) is 0 Å². The Morgan fingerprint density at radius 1 is 0.685 bits per heavy atom. The minimum atomic E-state index is -1.14. The molecule has 2 N–H and O–H groups in total. The average Bonchev–Trinajstić information content (AvgIpc) is 3.52. The molecular formula is C46H58O8. The first-order valence-electron chi connectivity index (χ1n) is 20.1. The summed E-state index contributed by atoms with van der Waals surface area (Å²) in [5.74, 6) is -1.43. The Kier molecular flexibility index (Phi) is 9.49. The minimum absolute atomic E-state index is 0.0336. The van der Waals surface area contributed by atoms with Gasteiger partial charge < -0.3 is 19.7 Å². The van der Waals surface area contributed by atoms with Gasteiger partial charge in [0, 0.05) is 10.8 Å². The van der Waals surface area contributed by atoms with E-state index in [4.69, 9.17) is 9.47 Å². The van der Waals surface area contributed by atoms with E-state index in [0.29, 0.717) is 36.2 Å². The number of carbonyl (C=O) groups excluding carboxylic acids is 2. The predicted molar refractivity (Wildman–Crippen MR) is 205 cm³/mol. The first-order valence-corrected chi connectivity index (χ1v) is 20.1. The zero-order valence-corrected chi connectivity index (χ0v) is 32.9. The molecule has 5 aliphatic rings. The summed E-state index contributed by atoms with van der Waals surface area (Å²) in [5, 5.41) is 19.5. The van der Waals surface area contributed by atoms with Crippen LogP contribution in [0.3, 0.4) is 0 Å². The van der Waals surface area contributed by atoms with Crippen LogP contribution >= 0.6 is 0 Å². The maximum Gasteiger partial charge on any atom is 0.339 e. The van der Waals surface area contributed by atoms with Gasteiger partial charge in [0.25, 0.3) is 0 Å². The molecule has 2 aromatic carbocycles. The molecule has 5 fully saturated rings. The van der Waals surface area contributed by atoms with E-state index in [1.54, 1.807) is 36.4 Å². The molecule has 0 spiro atoms. The molecule has 0 heterocycles. The Bertz CT molecular complexity index is 1880. The Morgan fingerprint density at radius 3 is 1.87 bits per heavy atom. The Balaban J connectivity index is 1.14. The highest BCUT2D eigenvalue weighted by Gasteiger charge is 2.71. The van der Waals surface area contributed by atoms with E-state index < -0.39 is 23.9 Å². The number of rotatable bonds is 8. The summed E-state index contributed by atoms with van der Waals surface area (Å²) in [5.41, 5.74) is 1.09. The van der Waals surface area contributed by atoms with Crippen LogP contribution in [0.4, 0.5) is 0 Å². The number of carbonyl (C=O) groups is 4. The van der Waals surface area contributed by atoms with Gasteiger partial charge in [0.05, 0.1) is 28.9 Å². The topological polar surface area (TPSA) is 127 Å². The van der Waals surface area contributed by atoms with Crippen LogP contribution in [0.5, 0.6) is 0 Å². The summed E-state index contributed by atoms with van der Waals surface area (Å²) in [6.07, 6.45) is 9.77. The Hall–Kier alpha value is -3.94. The van der Waals surface area contributed by atoms with E-state index in [9.17, 15) is 29.4 Å². The quantitative estimate of drug-likeness (QED) is 0.202. The number of ether oxygens (including phenoxy) is 2. The van der Waals surface area contributed by atoms with Gasteiger partial charge in [-0.2, -0.15) is 0 Å². The molecule has 0 amide bonds. The lowest BCUT2D eigenvalue weighted by Gasteiger charge is -2.73. The second kappa shape index (κ2) is 13.4. The lowest BCUT2D eigenvalue weighted by Crippen LogP contribution is -2.67. The molecule has 54 heavy (non-hydrogen) atoms. The van der Waals surface area contributed by atoms with Gasteiger partial charge in [0.2, 0.25) is 0 Å². The number of hydrogen-bond acceptors (Lipinski definition) is 6. The van der Waals surface area contributed by atoms with Gasteiger partial charge in [0.15, 0.2) is 0 Å². The Morgan fingerprint density at radius 2 is 1.28 bits per heavy atom. The fraction of sp³-hybridized carbons (Fsp3) is 0.609. The van der Waals surface area contributed by atoms with Crippen molar-refractivity contribution in [2.24, 2.45) is 56.7 Å². The van der Waals surface area contributed by atoms with Crippen LogP contribution in [0.1, 0.15) is 147 Å². The monoisotopic (exact) mass is 738 g/mol. The SMILES string of the molecule is C=C(C)C1CCC2(COC(=O)c3ccccc3C(=O)O)CCC3(C)C(CCC4C5(C)CCC(OC(=O)c6ccccc6C(=O)O)C(C)(C)C5CCC43C)C12. The summed E-state index contributed by atoms with van der Waals surface area (Å²) >= 11 is 0. The van der Waals surface area contributed by atoms with Gasteiger partial charge in [-0.15, -0.1) is 0 Å². The lowest BCUT2D eigenvalue weighted by atomic mass is 9.32. The Labute approximate surface area is 320 Å². The molecule has 0 aromatic heterocycles. The van der Waals surface area contributed by atoms with E-state index in [0.717, 1.165) is 64.2 Å². The number of aromatic carboxylic acids is 2. The third kappa shape index (κ3) is 5.67. The number of fused-ring (bicyclic) bond motifs is 7. The van der Waals surface area contributed by atoms with Gasteiger partial charge in [-0.3, -0.25) is 0 Å².